The van der Waals surface area contributed by atoms with Crippen LogP contribution in [0.2, 0.25) is 0 Å². The lowest BCUT2D eigenvalue weighted by molar-refractivity contribution is 0.594. The standard InChI is InChI=1S/C17H22BrN3/c1-4-8-20-16(13-6-5-11(2)10-14(13)18)15-12(3)7-9-21-17(15)19/h5-7,9-10,16,20H,4,8H2,1-3H3,(H2,19,21). The van der Waals surface area contributed by atoms with Gasteiger partial charge in [0.15, 0.2) is 0 Å². The van der Waals surface area contributed by atoms with Crippen molar-refractivity contribution in [2.45, 2.75) is 33.2 Å². The zero-order chi connectivity index (χ0) is 15.4. The van der Waals surface area contributed by atoms with Crippen molar-refractivity contribution in [3.05, 3.63) is 57.2 Å². The van der Waals surface area contributed by atoms with E-state index in [0.717, 1.165) is 28.6 Å². The van der Waals surface area contributed by atoms with E-state index in [2.05, 4.69) is 65.2 Å². The third-order valence-corrected chi connectivity index (χ3v) is 4.28. The molecule has 21 heavy (non-hydrogen) atoms. The van der Waals surface area contributed by atoms with Gasteiger partial charge in [-0.15, -0.1) is 0 Å². The number of nitrogens with one attached hydrogen (secondary N) is 1. The van der Waals surface area contributed by atoms with Gasteiger partial charge in [0.2, 0.25) is 0 Å². The molecule has 2 rings (SSSR count). The fourth-order valence-electron chi connectivity index (χ4n) is 2.49. The van der Waals surface area contributed by atoms with Crippen molar-refractivity contribution < 1.29 is 0 Å². The number of nitrogens with zero attached hydrogens (tertiary/aromatic N) is 1. The van der Waals surface area contributed by atoms with Gasteiger partial charge in [0.1, 0.15) is 5.82 Å². The van der Waals surface area contributed by atoms with Crippen molar-refractivity contribution in [3.63, 3.8) is 0 Å². The third kappa shape index (κ3) is 3.63. The maximum absolute atomic E-state index is 6.14. The SMILES string of the molecule is CCCNC(c1ccc(C)cc1Br)c1c(C)ccnc1N. The van der Waals surface area contributed by atoms with E-state index in [1.807, 2.05) is 6.07 Å². The molecule has 0 aliphatic rings. The van der Waals surface area contributed by atoms with Crippen molar-refractivity contribution >= 4 is 21.7 Å². The first-order chi connectivity index (χ1) is 10.0. The Bertz CT molecular complexity index is 605. The molecule has 1 heterocycles. The topological polar surface area (TPSA) is 50.9 Å². The van der Waals surface area contributed by atoms with Crippen LogP contribution in [0.3, 0.4) is 0 Å². The monoisotopic (exact) mass is 347 g/mol. The summed E-state index contributed by atoms with van der Waals surface area (Å²) >= 11 is 3.68. The molecule has 0 fully saturated rings. The van der Waals surface area contributed by atoms with Gasteiger partial charge in [-0.25, -0.2) is 4.98 Å². The molecule has 1 aromatic carbocycles. The van der Waals surface area contributed by atoms with Crippen LogP contribution in [0.15, 0.2) is 34.9 Å². The number of rotatable bonds is 5. The second kappa shape index (κ2) is 7.05. The summed E-state index contributed by atoms with van der Waals surface area (Å²) in [5.41, 5.74) is 10.8. The van der Waals surface area contributed by atoms with Gasteiger partial charge in [0.05, 0.1) is 6.04 Å². The molecule has 0 bridgehead atoms. The number of nitrogens with two attached hydrogens (primary N) is 1. The molecule has 3 N–H and O–H groups in total. The number of hydrogen-bond acceptors (Lipinski definition) is 3. The second-order valence-corrected chi connectivity index (χ2v) is 6.19. The summed E-state index contributed by atoms with van der Waals surface area (Å²) in [5.74, 6) is 0.594. The van der Waals surface area contributed by atoms with E-state index in [9.17, 15) is 0 Å². The quantitative estimate of drug-likeness (QED) is 0.854. The molecule has 3 nitrogen and oxygen atoms in total. The van der Waals surface area contributed by atoms with Crippen molar-refractivity contribution in [3.8, 4) is 0 Å². The van der Waals surface area contributed by atoms with Crippen molar-refractivity contribution in [2.75, 3.05) is 12.3 Å². The molecule has 1 aromatic heterocycles. The van der Waals surface area contributed by atoms with Gasteiger partial charge in [0, 0.05) is 16.2 Å². The Morgan fingerprint density at radius 2 is 2.05 bits per heavy atom. The second-order valence-electron chi connectivity index (χ2n) is 5.34. The van der Waals surface area contributed by atoms with Crippen LogP contribution in [0.25, 0.3) is 0 Å². The van der Waals surface area contributed by atoms with Crippen LogP contribution in [-0.2, 0) is 0 Å². The highest BCUT2D eigenvalue weighted by molar-refractivity contribution is 9.10. The van der Waals surface area contributed by atoms with Gasteiger partial charge in [-0.05, 0) is 55.6 Å². The van der Waals surface area contributed by atoms with Crippen LogP contribution < -0.4 is 11.1 Å². The number of hydrogen-bond donors (Lipinski definition) is 2. The molecule has 1 atom stereocenters. The fraction of sp³-hybridized carbons (Fsp3) is 0.353. The summed E-state index contributed by atoms with van der Waals surface area (Å²) < 4.78 is 1.10. The van der Waals surface area contributed by atoms with E-state index in [0.29, 0.717) is 5.82 Å². The van der Waals surface area contributed by atoms with Gasteiger partial charge in [-0.3, -0.25) is 0 Å². The van der Waals surface area contributed by atoms with E-state index >= 15 is 0 Å². The van der Waals surface area contributed by atoms with Crippen molar-refractivity contribution in [2.24, 2.45) is 0 Å². The van der Waals surface area contributed by atoms with Crippen LogP contribution in [0.4, 0.5) is 5.82 Å². The highest BCUT2D eigenvalue weighted by Crippen LogP contribution is 2.33. The largest absolute Gasteiger partial charge is 0.383 e. The van der Waals surface area contributed by atoms with E-state index in [1.54, 1.807) is 6.20 Å². The molecule has 0 aliphatic heterocycles. The molecule has 0 aliphatic carbocycles. The molecular formula is C17H22BrN3. The lowest BCUT2D eigenvalue weighted by Crippen LogP contribution is -2.25. The predicted molar refractivity (Wildman–Crippen MR) is 92.4 cm³/mol. The number of benzene rings is 1. The maximum atomic E-state index is 6.14. The third-order valence-electron chi connectivity index (χ3n) is 3.59. The normalized spacial score (nSPS) is 12.4. The van der Waals surface area contributed by atoms with E-state index in [1.165, 1.54) is 11.1 Å². The van der Waals surface area contributed by atoms with Gasteiger partial charge >= 0.3 is 0 Å². The molecule has 2 aromatic rings. The van der Waals surface area contributed by atoms with Gasteiger partial charge in [-0.2, -0.15) is 0 Å². The number of pyridine rings is 1. The van der Waals surface area contributed by atoms with Crippen LogP contribution in [0.5, 0.6) is 0 Å². The smallest absolute Gasteiger partial charge is 0.128 e. The van der Waals surface area contributed by atoms with E-state index in [4.69, 9.17) is 5.73 Å². The minimum absolute atomic E-state index is 0.0497. The number of nitrogen functional groups attached to an aromatic ring is 1. The highest BCUT2D eigenvalue weighted by Gasteiger charge is 2.21. The Morgan fingerprint density at radius 3 is 2.67 bits per heavy atom. The number of anilines is 1. The van der Waals surface area contributed by atoms with Crippen LogP contribution in [0.1, 0.15) is 41.6 Å². The molecule has 0 saturated heterocycles. The Kier molecular flexibility index (Phi) is 5.37. The zero-order valence-electron chi connectivity index (χ0n) is 12.8. The first-order valence-corrected chi connectivity index (χ1v) is 8.04. The van der Waals surface area contributed by atoms with Crippen LogP contribution in [0, 0.1) is 13.8 Å². The number of aryl methyl sites for hydroxylation is 2. The summed E-state index contributed by atoms with van der Waals surface area (Å²) in [5, 5.41) is 3.59. The van der Waals surface area contributed by atoms with Crippen LogP contribution in [-0.4, -0.2) is 11.5 Å². The number of aromatic nitrogens is 1. The Balaban J connectivity index is 2.52. The fourth-order valence-corrected chi connectivity index (χ4v) is 3.21. The zero-order valence-corrected chi connectivity index (χ0v) is 14.4. The summed E-state index contributed by atoms with van der Waals surface area (Å²) in [4.78, 5) is 4.26. The average molecular weight is 348 g/mol. The Morgan fingerprint density at radius 1 is 1.29 bits per heavy atom. The van der Waals surface area contributed by atoms with Gasteiger partial charge < -0.3 is 11.1 Å². The first kappa shape index (κ1) is 16.0. The molecule has 112 valence electrons. The minimum Gasteiger partial charge on any atom is -0.383 e. The molecule has 0 radical (unpaired) electrons. The Labute approximate surface area is 135 Å². The first-order valence-electron chi connectivity index (χ1n) is 7.25. The molecule has 1 unspecified atom stereocenters. The summed E-state index contributed by atoms with van der Waals surface area (Å²) in [6.07, 6.45) is 2.83. The number of halogens is 1. The molecular weight excluding hydrogens is 326 g/mol. The lowest BCUT2D eigenvalue weighted by Gasteiger charge is -2.23. The average Bonchev–Trinajstić information content (AvgIpc) is 2.43. The Hall–Kier alpha value is -1.39. The maximum Gasteiger partial charge on any atom is 0.128 e. The van der Waals surface area contributed by atoms with E-state index in [-0.39, 0.29) is 6.04 Å². The highest BCUT2D eigenvalue weighted by atomic mass is 79.9. The van der Waals surface area contributed by atoms with E-state index < -0.39 is 0 Å². The summed E-state index contributed by atoms with van der Waals surface area (Å²) in [6, 6.07) is 8.47. The predicted octanol–water partition coefficient (Wildman–Crippen LogP) is 4.13. The van der Waals surface area contributed by atoms with Gasteiger partial charge in [-0.1, -0.05) is 35.0 Å². The molecule has 0 spiro atoms. The van der Waals surface area contributed by atoms with Gasteiger partial charge in [0.25, 0.3) is 0 Å². The lowest BCUT2D eigenvalue weighted by atomic mass is 9.95. The summed E-state index contributed by atoms with van der Waals surface area (Å²) in [6.45, 7) is 7.26. The molecule has 0 amide bonds. The summed E-state index contributed by atoms with van der Waals surface area (Å²) in [7, 11) is 0. The minimum atomic E-state index is 0.0497. The van der Waals surface area contributed by atoms with Crippen LogP contribution >= 0.6 is 15.9 Å². The van der Waals surface area contributed by atoms with Crippen molar-refractivity contribution in [1.29, 1.82) is 0 Å². The van der Waals surface area contributed by atoms with Crippen molar-refractivity contribution in [1.82, 2.24) is 10.3 Å². The molecule has 4 heteroatoms. The molecule has 0 saturated carbocycles.